The van der Waals surface area contributed by atoms with Crippen molar-refractivity contribution >= 4 is 6.08 Å². The van der Waals surface area contributed by atoms with E-state index >= 15 is 0 Å². The van der Waals surface area contributed by atoms with Crippen LogP contribution in [0, 0.1) is 18.8 Å². The topological polar surface area (TPSA) is 0 Å². The number of hydrogen-bond donors (Lipinski definition) is 0. The standard InChI is InChI=1S/C21H26/c1-4-19-10-6-7-11-20(16-19)15-17(2)13-14-21-12-8-5-9-18(21)3/h5-15,17,19H,4,16H2,1-3H3/b14-13-,20-15-. The SMILES string of the molecule is CCC1C=CC=C/C(=C/C(C)/C=C\c2ccccc2C)C1. The van der Waals surface area contributed by atoms with E-state index in [0.29, 0.717) is 11.8 Å². The summed E-state index contributed by atoms with van der Waals surface area (Å²) in [6, 6.07) is 8.52. The molecule has 2 rings (SSSR count). The first-order chi connectivity index (χ1) is 10.2. The summed E-state index contributed by atoms with van der Waals surface area (Å²) in [6.45, 7) is 6.68. The fourth-order valence-corrected chi connectivity index (χ4v) is 2.67. The van der Waals surface area contributed by atoms with Crippen molar-refractivity contribution in [2.24, 2.45) is 11.8 Å². The van der Waals surface area contributed by atoms with Crippen LogP contribution in [0.15, 0.2) is 66.3 Å². The van der Waals surface area contributed by atoms with Gasteiger partial charge in [-0.05, 0) is 42.7 Å². The van der Waals surface area contributed by atoms with Crippen molar-refractivity contribution in [1.82, 2.24) is 0 Å². The molecule has 1 aromatic carbocycles. The Morgan fingerprint density at radius 3 is 2.81 bits per heavy atom. The molecule has 1 aromatic rings. The Bertz CT molecular complexity index is 569. The maximum Gasteiger partial charge on any atom is -0.00727 e. The molecule has 0 spiro atoms. The zero-order chi connectivity index (χ0) is 15.1. The summed E-state index contributed by atoms with van der Waals surface area (Å²) in [4.78, 5) is 0. The van der Waals surface area contributed by atoms with Gasteiger partial charge < -0.3 is 0 Å². The monoisotopic (exact) mass is 278 g/mol. The van der Waals surface area contributed by atoms with Crippen LogP contribution in [0.3, 0.4) is 0 Å². The summed E-state index contributed by atoms with van der Waals surface area (Å²) < 4.78 is 0. The van der Waals surface area contributed by atoms with E-state index in [2.05, 4.69) is 87.6 Å². The van der Waals surface area contributed by atoms with Crippen molar-refractivity contribution in [1.29, 1.82) is 0 Å². The molecule has 0 saturated carbocycles. The summed E-state index contributed by atoms with van der Waals surface area (Å²) >= 11 is 0. The lowest BCUT2D eigenvalue weighted by atomic mass is 9.95. The third-order valence-corrected chi connectivity index (χ3v) is 4.07. The number of hydrogen-bond acceptors (Lipinski definition) is 0. The molecule has 0 bridgehead atoms. The minimum absolute atomic E-state index is 0.458. The summed E-state index contributed by atoms with van der Waals surface area (Å²) in [5.41, 5.74) is 4.10. The maximum absolute atomic E-state index is 2.39. The summed E-state index contributed by atoms with van der Waals surface area (Å²) in [5, 5.41) is 0. The van der Waals surface area contributed by atoms with E-state index in [-0.39, 0.29) is 0 Å². The first-order valence-corrected chi connectivity index (χ1v) is 7.98. The molecule has 1 aliphatic carbocycles. The highest BCUT2D eigenvalue weighted by molar-refractivity contribution is 5.53. The van der Waals surface area contributed by atoms with Gasteiger partial charge in [0.25, 0.3) is 0 Å². The summed E-state index contributed by atoms with van der Waals surface area (Å²) in [5.74, 6) is 1.14. The average molecular weight is 278 g/mol. The van der Waals surface area contributed by atoms with Gasteiger partial charge in [-0.25, -0.2) is 0 Å². The van der Waals surface area contributed by atoms with Gasteiger partial charge in [0.05, 0.1) is 0 Å². The highest BCUT2D eigenvalue weighted by atomic mass is 14.1. The molecule has 0 amide bonds. The Hall–Kier alpha value is -1.82. The van der Waals surface area contributed by atoms with Crippen molar-refractivity contribution in [3.63, 3.8) is 0 Å². The van der Waals surface area contributed by atoms with Gasteiger partial charge in [0.2, 0.25) is 0 Å². The van der Waals surface area contributed by atoms with Gasteiger partial charge in [-0.1, -0.05) is 86.2 Å². The lowest BCUT2D eigenvalue weighted by molar-refractivity contribution is 0.626. The zero-order valence-corrected chi connectivity index (χ0v) is 13.4. The lowest BCUT2D eigenvalue weighted by Gasteiger charge is -2.10. The van der Waals surface area contributed by atoms with Crippen LogP contribution >= 0.6 is 0 Å². The molecule has 1 aliphatic rings. The zero-order valence-electron chi connectivity index (χ0n) is 13.4. The molecule has 0 fully saturated rings. The minimum Gasteiger partial charge on any atom is -0.0811 e. The van der Waals surface area contributed by atoms with Gasteiger partial charge in [0.1, 0.15) is 0 Å². The van der Waals surface area contributed by atoms with Crippen LogP contribution in [0.4, 0.5) is 0 Å². The first kappa shape index (κ1) is 15.6. The quantitative estimate of drug-likeness (QED) is 0.623. The largest absolute Gasteiger partial charge is 0.0811 e. The van der Waals surface area contributed by atoms with Crippen LogP contribution in [0.1, 0.15) is 37.8 Å². The van der Waals surface area contributed by atoms with Crippen LogP contribution in [-0.2, 0) is 0 Å². The van der Waals surface area contributed by atoms with Gasteiger partial charge in [-0.3, -0.25) is 0 Å². The number of aryl methyl sites for hydroxylation is 1. The van der Waals surface area contributed by atoms with Gasteiger partial charge >= 0.3 is 0 Å². The molecule has 0 aliphatic heterocycles. The van der Waals surface area contributed by atoms with E-state index < -0.39 is 0 Å². The normalized spacial score (nSPS) is 21.9. The van der Waals surface area contributed by atoms with Crippen molar-refractivity contribution in [2.75, 3.05) is 0 Å². The van der Waals surface area contributed by atoms with E-state index in [9.17, 15) is 0 Å². The molecule has 0 saturated heterocycles. The molecule has 2 unspecified atom stereocenters. The van der Waals surface area contributed by atoms with E-state index in [4.69, 9.17) is 0 Å². The van der Waals surface area contributed by atoms with Gasteiger partial charge in [-0.2, -0.15) is 0 Å². The second-order valence-electron chi connectivity index (χ2n) is 5.93. The molecule has 0 nitrogen and oxygen atoms in total. The Morgan fingerprint density at radius 2 is 2.05 bits per heavy atom. The Morgan fingerprint density at radius 1 is 1.24 bits per heavy atom. The summed E-state index contributed by atoms with van der Waals surface area (Å²) in [6.07, 6.45) is 18.2. The highest BCUT2D eigenvalue weighted by Crippen LogP contribution is 2.22. The highest BCUT2D eigenvalue weighted by Gasteiger charge is 2.07. The lowest BCUT2D eigenvalue weighted by Crippen LogP contribution is -1.96. The molecular formula is C21H26. The Balaban J connectivity index is 2.05. The maximum atomic E-state index is 2.39. The van der Waals surface area contributed by atoms with E-state index in [1.807, 2.05) is 0 Å². The van der Waals surface area contributed by atoms with E-state index in [1.54, 1.807) is 0 Å². The molecule has 110 valence electrons. The molecule has 0 heteroatoms. The molecular weight excluding hydrogens is 252 g/mol. The number of rotatable bonds is 4. The van der Waals surface area contributed by atoms with E-state index in [1.165, 1.54) is 23.1 Å². The molecule has 21 heavy (non-hydrogen) atoms. The van der Waals surface area contributed by atoms with Gasteiger partial charge in [-0.15, -0.1) is 0 Å². The van der Waals surface area contributed by atoms with Crippen molar-refractivity contribution < 1.29 is 0 Å². The Labute approximate surface area is 129 Å². The fraction of sp³-hybridized carbons (Fsp3) is 0.333. The predicted molar refractivity (Wildman–Crippen MR) is 94.1 cm³/mol. The Kier molecular flexibility index (Phi) is 5.80. The predicted octanol–water partition coefficient (Wildman–Crippen LogP) is 6.11. The number of allylic oxidation sites excluding steroid dienone is 7. The van der Waals surface area contributed by atoms with Crippen LogP contribution in [0.25, 0.3) is 6.08 Å². The van der Waals surface area contributed by atoms with Crippen molar-refractivity contribution in [3.05, 3.63) is 77.4 Å². The van der Waals surface area contributed by atoms with Crippen LogP contribution < -0.4 is 0 Å². The average Bonchev–Trinajstić information content (AvgIpc) is 2.71. The third kappa shape index (κ3) is 4.90. The summed E-state index contributed by atoms with van der Waals surface area (Å²) in [7, 11) is 0. The third-order valence-electron chi connectivity index (χ3n) is 4.07. The van der Waals surface area contributed by atoms with Gasteiger partial charge in [0, 0.05) is 0 Å². The van der Waals surface area contributed by atoms with Crippen molar-refractivity contribution in [2.45, 2.75) is 33.6 Å². The molecule has 0 heterocycles. The molecule has 0 aromatic heterocycles. The van der Waals surface area contributed by atoms with Crippen molar-refractivity contribution in [3.8, 4) is 0 Å². The van der Waals surface area contributed by atoms with Crippen LogP contribution in [0.5, 0.6) is 0 Å². The fourth-order valence-electron chi connectivity index (χ4n) is 2.67. The second kappa shape index (κ2) is 7.83. The minimum atomic E-state index is 0.458. The molecule has 0 radical (unpaired) electrons. The smallest absolute Gasteiger partial charge is 0.00727 e. The van der Waals surface area contributed by atoms with E-state index in [0.717, 1.165) is 6.42 Å². The molecule has 0 N–H and O–H groups in total. The number of benzene rings is 1. The second-order valence-corrected chi connectivity index (χ2v) is 5.93. The first-order valence-electron chi connectivity index (χ1n) is 7.98. The van der Waals surface area contributed by atoms with Crippen LogP contribution in [0.2, 0.25) is 0 Å². The van der Waals surface area contributed by atoms with Crippen LogP contribution in [-0.4, -0.2) is 0 Å². The molecule has 2 atom stereocenters. The van der Waals surface area contributed by atoms with Gasteiger partial charge in [0.15, 0.2) is 0 Å².